The predicted molar refractivity (Wildman–Crippen MR) is 53.4 cm³/mol. The molecule has 0 saturated carbocycles. The van der Waals surface area contributed by atoms with Gasteiger partial charge in [-0.25, -0.2) is 0 Å². The number of hydrogen-bond acceptors (Lipinski definition) is 2. The SMILES string of the molecule is CCC(CC(CN)C(=O)O)C(C)C. The van der Waals surface area contributed by atoms with Crippen molar-refractivity contribution in [3.05, 3.63) is 0 Å². The molecule has 0 heterocycles. The summed E-state index contributed by atoms with van der Waals surface area (Å²) in [4.78, 5) is 10.7. The van der Waals surface area contributed by atoms with E-state index >= 15 is 0 Å². The van der Waals surface area contributed by atoms with Crippen molar-refractivity contribution < 1.29 is 9.90 Å². The highest BCUT2D eigenvalue weighted by molar-refractivity contribution is 5.70. The lowest BCUT2D eigenvalue weighted by Gasteiger charge is -2.22. The highest BCUT2D eigenvalue weighted by Crippen LogP contribution is 2.23. The quantitative estimate of drug-likeness (QED) is 0.665. The van der Waals surface area contributed by atoms with Gasteiger partial charge in [-0.3, -0.25) is 4.79 Å². The molecule has 0 aliphatic carbocycles. The summed E-state index contributed by atoms with van der Waals surface area (Å²) in [5, 5.41) is 8.82. The molecular weight excluding hydrogens is 166 g/mol. The normalized spacial score (nSPS) is 15.8. The van der Waals surface area contributed by atoms with Crippen LogP contribution < -0.4 is 5.73 Å². The lowest BCUT2D eigenvalue weighted by molar-refractivity contribution is -0.142. The summed E-state index contributed by atoms with van der Waals surface area (Å²) >= 11 is 0. The standard InChI is InChI=1S/C10H21NO2/c1-4-8(7(2)3)5-9(6-11)10(12)13/h7-9H,4-6,11H2,1-3H3,(H,12,13). The minimum atomic E-state index is -0.762. The molecule has 2 unspecified atom stereocenters. The van der Waals surface area contributed by atoms with E-state index in [0.29, 0.717) is 18.3 Å². The van der Waals surface area contributed by atoms with Gasteiger partial charge in [-0.2, -0.15) is 0 Å². The van der Waals surface area contributed by atoms with Crippen molar-refractivity contribution >= 4 is 5.97 Å². The van der Waals surface area contributed by atoms with Crippen LogP contribution in [0.5, 0.6) is 0 Å². The van der Waals surface area contributed by atoms with Crippen molar-refractivity contribution in [1.29, 1.82) is 0 Å². The molecule has 0 spiro atoms. The van der Waals surface area contributed by atoms with Crippen LogP contribution >= 0.6 is 0 Å². The lowest BCUT2D eigenvalue weighted by atomic mass is 9.84. The van der Waals surface area contributed by atoms with E-state index in [1.54, 1.807) is 0 Å². The summed E-state index contributed by atoms with van der Waals surface area (Å²) in [6.45, 7) is 6.60. The third-order valence-corrected chi connectivity index (χ3v) is 2.69. The molecule has 0 saturated heterocycles. The Labute approximate surface area is 80.3 Å². The fraction of sp³-hybridized carbons (Fsp3) is 0.900. The lowest BCUT2D eigenvalue weighted by Crippen LogP contribution is -2.27. The first-order valence-electron chi connectivity index (χ1n) is 4.95. The molecule has 0 rings (SSSR count). The topological polar surface area (TPSA) is 63.3 Å². The fourth-order valence-corrected chi connectivity index (χ4v) is 1.57. The smallest absolute Gasteiger partial charge is 0.307 e. The predicted octanol–water partition coefficient (Wildman–Crippen LogP) is 1.72. The molecule has 0 aliphatic heterocycles. The van der Waals surface area contributed by atoms with Crippen LogP contribution in [-0.4, -0.2) is 17.6 Å². The molecule has 78 valence electrons. The van der Waals surface area contributed by atoms with Gasteiger partial charge in [-0.15, -0.1) is 0 Å². The monoisotopic (exact) mass is 187 g/mol. The molecule has 13 heavy (non-hydrogen) atoms. The van der Waals surface area contributed by atoms with E-state index in [1.807, 2.05) is 0 Å². The van der Waals surface area contributed by atoms with Crippen molar-refractivity contribution in [1.82, 2.24) is 0 Å². The average molecular weight is 187 g/mol. The van der Waals surface area contributed by atoms with Crippen LogP contribution in [0.1, 0.15) is 33.6 Å². The maximum atomic E-state index is 10.7. The van der Waals surface area contributed by atoms with Gasteiger partial charge in [0.25, 0.3) is 0 Å². The molecule has 3 nitrogen and oxygen atoms in total. The Morgan fingerprint density at radius 3 is 2.23 bits per heavy atom. The average Bonchev–Trinajstić information content (AvgIpc) is 2.05. The van der Waals surface area contributed by atoms with Crippen LogP contribution in [0.4, 0.5) is 0 Å². The highest BCUT2D eigenvalue weighted by Gasteiger charge is 2.21. The zero-order valence-electron chi connectivity index (χ0n) is 8.79. The zero-order valence-corrected chi connectivity index (χ0v) is 8.79. The van der Waals surface area contributed by atoms with E-state index in [-0.39, 0.29) is 12.5 Å². The summed E-state index contributed by atoms with van der Waals surface area (Å²) < 4.78 is 0. The second-order valence-electron chi connectivity index (χ2n) is 3.92. The first-order chi connectivity index (χ1) is 6.02. The van der Waals surface area contributed by atoms with Crippen LogP contribution in [0.15, 0.2) is 0 Å². The Morgan fingerprint density at radius 1 is 1.46 bits per heavy atom. The largest absolute Gasteiger partial charge is 0.481 e. The van der Waals surface area contributed by atoms with Gasteiger partial charge in [0.1, 0.15) is 0 Å². The van der Waals surface area contributed by atoms with E-state index < -0.39 is 5.97 Å². The number of carboxylic acids is 1. The van der Waals surface area contributed by atoms with Crippen molar-refractivity contribution in [2.75, 3.05) is 6.54 Å². The Balaban J connectivity index is 4.11. The summed E-state index contributed by atoms with van der Waals surface area (Å²) in [6.07, 6.45) is 1.74. The van der Waals surface area contributed by atoms with Crippen LogP contribution in [0.2, 0.25) is 0 Å². The third-order valence-electron chi connectivity index (χ3n) is 2.69. The first-order valence-corrected chi connectivity index (χ1v) is 4.95. The van der Waals surface area contributed by atoms with Gasteiger partial charge >= 0.3 is 5.97 Å². The zero-order chi connectivity index (χ0) is 10.4. The summed E-state index contributed by atoms with van der Waals surface area (Å²) in [6, 6.07) is 0. The summed E-state index contributed by atoms with van der Waals surface area (Å²) in [5.41, 5.74) is 5.40. The molecule has 3 N–H and O–H groups in total. The van der Waals surface area contributed by atoms with Gasteiger partial charge < -0.3 is 10.8 Å². The molecule has 0 aromatic rings. The van der Waals surface area contributed by atoms with E-state index in [2.05, 4.69) is 20.8 Å². The fourth-order valence-electron chi connectivity index (χ4n) is 1.57. The molecule has 0 amide bonds. The Morgan fingerprint density at radius 2 is 2.00 bits per heavy atom. The number of carboxylic acid groups (broad SMARTS) is 1. The molecule has 0 aromatic carbocycles. The van der Waals surface area contributed by atoms with E-state index in [0.717, 1.165) is 6.42 Å². The second kappa shape index (κ2) is 5.97. The highest BCUT2D eigenvalue weighted by atomic mass is 16.4. The van der Waals surface area contributed by atoms with Crippen molar-refractivity contribution in [2.24, 2.45) is 23.5 Å². The molecule has 0 radical (unpaired) electrons. The van der Waals surface area contributed by atoms with Gasteiger partial charge in [0.2, 0.25) is 0 Å². The molecule has 0 aliphatic rings. The Hall–Kier alpha value is -0.570. The number of rotatable bonds is 6. The summed E-state index contributed by atoms with van der Waals surface area (Å²) in [5.74, 6) is -0.114. The number of nitrogens with two attached hydrogens (primary N) is 1. The van der Waals surface area contributed by atoms with Crippen LogP contribution in [-0.2, 0) is 4.79 Å². The molecule has 2 atom stereocenters. The number of aliphatic carboxylic acids is 1. The van der Waals surface area contributed by atoms with Crippen LogP contribution in [0, 0.1) is 17.8 Å². The number of hydrogen-bond donors (Lipinski definition) is 2. The third kappa shape index (κ3) is 4.27. The molecular formula is C10H21NO2. The number of carbonyl (C=O) groups is 1. The molecule has 0 fully saturated rings. The van der Waals surface area contributed by atoms with Gasteiger partial charge in [0, 0.05) is 6.54 Å². The minimum Gasteiger partial charge on any atom is -0.481 e. The molecule has 0 aromatic heterocycles. The van der Waals surface area contributed by atoms with Crippen LogP contribution in [0.25, 0.3) is 0 Å². The van der Waals surface area contributed by atoms with Crippen LogP contribution in [0.3, 0.4) is 0 Å². The van der Waals surface area contributed by atoms with Crippen molar-refractivity contribution in [2.45, 2.75) is 33.6 Å². The van der Waals surface area contributed by atoms with Crippen molar-refractivity contribution in [3.8, 4) is 0 Å². The maximum absolute atomic E-state index is 10.7. The molecule has 3 heteroatoms. The summed E-state index contributed by atoms with van der Waals surface area (Å²) in [7, 11) is 0. The van der Waals surface area contributed by atoms with E-state index in [9.17, 15) is 4.79 Å². The van der Waals surface area contributed by atoms with Gasteiger partial charge in [0.15, 0.2) is 0 Å². The maximum Gasteiger partial charge on any atom is 0.307 e. The van der Waals surface area contributed by atoms with Gasteiger partial charge in [0.05, 0.1) is 5.92 Å². The second-order valence-corrected chi connectivity index (χ2v) is 3.92. The first kappa shape index (κ1) is 12.4. The van der Waals surface area contributed by atoms with Gasteiger partial charge in [-0.05, 0) is 18.3 Å². The van der Waals surface area contributed by atoms with Gasteiger partial charge in [-0.1, -0.05) is 27.2 Å². The Kier molecular flexibility index (Phi) is 5.71. The van der Waals surface area contributed by atoms with Crippen molar-refractivity contribution in [3.63, 3.8) is 0 Å². The Bertz CT molecular complexity index is 157. The molecule has 0 bridgehead atoms. The minimum absolute atomic E-state index is 0.249. The van der Waals surface area contributed by atoms with E-state index in [1.165, 1.54) is 0 Å². The van der Waals surface area contributed by atoms with E-state index in [4.69, 9.17) is 10.8 Å².